The molecule has 22 heavy (non-hydrogen) atoms. The van der Waals surface area contributed by atoms with Gasteiger partial charge in [-0.05, 0) is 49.4 Å². The summed E-state index contributed by atoms with van der Waals surface area (Å²) >= 11 is 0. The maximum absolute atomic E-state index is 13.8. The SMILES string of the molecule is CNC(=O)c1[nH]c2cc(F)c(C)cc2c1[C@@H](C)CCC(C)=O. The average molecular weight is 304 g/mol. The molecule has 1 amide bonds. The zero-order chi connectivity index (χ0) is 16.4. The van der Waals surface area contributed by atoms with Crippen molar-refractivity contribution in [2.75, 3.05) is 7.05 Å². The van der Waals surface area contributed by atoms with Crippen molar-refractivity contribution in [2.24, 2.45) is 0 Å². The van der Waals surface area contributed by atoms with E-state index < -0.39 is 0 Å². The Kier molecular flexibility index (Phi) is 4.64. The summed E-state index contributed by atoms with van der Waals surface area (Å²) in [5.74, 6) is -0.399. The van der Waals surface area contributed by atoms with Crippen LogP contribution in [0.2, 0.25) is 0 Å². The number of fused-ring (bicyclic) bond motifs is 1. The van der Waals surface area contributed by atoms with E-state index in [1.165, 1.54) is 6.07 Å². The second-order valence-electron chi connectivity index (χ2n) is 5.78. The Bertz CT molecular complexity index is 734. The minimum Gasteiger partial charge on any atom is -0.354 e. The van der Waals surface area contributed by atoms with Crippen molar-refractivity contribution in [2.45, 2.75) is 39.5 Å². The van der Waals surface area contributed by atoms with Gasteiger partial charge in [-0.2, -0.15) is 0 Å². The molecule has 0 fully saturated rings. The molecule has 0 unspecified atom stereocenters. The van der Waals surface area contributed by atoms with E-state index in [9.17, 15) is 14.0 Å². The number of aromatic amines is 1. The number of nitrogens with one attached hydrogen (secondary N) is 2. The van der Waals surface area contributed by atoms with Gasteiger partial charge in [0.2, 0.25) is 0 Å². The van der Waals surface area contributed by atoms with E-state index in [2.05, 4.69) is 10.3 Å². The van der Waals surface area contributed by atoms with Crippen LogP contribution in [0.15, 0.2) is 12.1 Å². The second-order valence-corrected chi connectivity index (χ2v) is 5.78. The number of Topliss-reactive ketones (excluding diaryl/α,β-unsaturated/α-hetero) is 1. The molecule has 0 aliphatic rings. The fourth-order valence-corrected chi connectivity index (χ4v) is 2.72. The van der Waals surface area contributed by atoms with Crippen molar-refractivity contribution in [1.82, 2.24) is 10.3 Å². The van der Waals surface area contributed by atoms with Crippen LogP contribution in [0.1, 0.15) is 54.2 Å². The summed E-state index contributed by atoms with van der Waals surface area (Å²) in [4.78, 5) is 26.3. The van der Waals surface area contributed by atoms with Crippen LogP contribution in [0.5, 0.6) is 0 Å². The average Bonchev–Trinajstić information content (AvgIpc) is 2.82. The Morgan fingerprint density at radius 3 is 2.64 bits per heavy atom. The van der Waals surface area contributed by atoms with Gasteiger partial charge < -0.3 is 15.1 Å². The molecule has 2 rings (SSSR count). The molecular weight excluding hydrogens is 283 g/mol. The molecule has 0 aliphatic heterocycles. The number of rotatable bonds is 5. The van der Waals surface area contributed by atoms with Gasteiger partial charge in [0.25, 0.3) is 5.91 Å². The van der Waals surface area contributed by atoms with Crippen molar-refractivity contribution >= 4 is 22.6 Å². The highest BCUT2D eigenvalue weighted by atomic mass is 19.1. The lowest BCUT2D eigenvalue weighted by atomic mass is 9.92. The maximum atomic E-state index is 13.8. The summed E-state index contributed by atoms with van der Waals surface area (Å²) in [6.45, 7) is 5.24. The summed E-state index contributed by atoms with van der Waals surface area (Å²) in [5.41, 5.74) is 2.43. The summed E-state index contributed by atoms with van der Waals surface area (Å²) in [6.07, 6.45) is 1.11. The number of ketones is 1. The van der Waals surface area contributed by atoms with Gasteiger partial charge in [-0.15, -0.1) is 0 Å². The summed E-state index contributed by atoms with van der Waals surface area (Å²) in [6, 6.07) is 3.17. The number of aryl methyl sites for hydroxylation is 1. The van der Waals surface area contributed by atoms with E-state index >= 15 is 0 Å². The van der Waals surface area contributed by atoms with Crippen LogP contribution in [-0.2, 0) is 4.79 Å². The Morgan fingerprint density at radius 2 is 2.05 bits per heavy atom. The molecule has 1 atom stereocenters. The molecule has 1 aromatic carbocycles. The van der Waals surface area contributed by atoms with Gasteiger partial charge in [0, 0.05) is 24.4 Å². The first-order chi connectivity index (χ1) is 10.3. The molecule has 2 aromatic rings. The van der Waals surface area contributed by atoms with Crippen LogP contribution in [0.3, 0.4) is 0 Å². The van der Waals surface area contributed by atoms with E-state index in [1.54, 1.807) is 27.0 Å². The molecule has 0 saturated heterocycles. The number of benzene rings is 1. The quantitative estimate of drug-likeness (QED) is 0.888. The van der Waals surface area contributed by atoms with E-state index in [4.69, 9.17) is 0 Å². The Morgan fingerprint density at radius 1 is 1.36 bits per heavy atom. The molecular formula is C17H21FN2O2. The van der Waals surface area contributed by atoms with Gasteiger partial charge in [0.15, 0.2) is 0 Å². The van der Waals surface area contributed by atoms with E-state index in [1.807, 2.05) is 6.92 Å². The molecule has 1 aromatic heterocycles. The number of carbonyl (C=O) groups is 2. The molecule has 4 nitrogen and oxygen atoms in total. The zero-order valence-corrected chi connectivity index (χ0v) is 13.3. The van der Waals surface area contributed by atoms with Gasteiger partial charge in [-0.1, -0.05) is 6.92 Å². The topological polar surface area (TPSA) is 62.0 Å². The van der Waals surface area contributed by atoms with Crippen molar-refractivity contribution in [3.63, 3.8) is 0 Å². The third kappa shape index (κ3) is 3.03. The Hall–Kier alpha value is -2.17. The van der Waals surface area contributed by atoms with Crippen LogP contribution in [0.4, 0.5) is 4.39 Å². The van der Waals surface area contributed by atoms with Gasteiger partial charge in [-0.3, -0.25) is 4.79 Å². The first-order valence-corrected chi connectivity index (χ1v) is 7.38. The van der Waals surface area contributed by atoms with Crippen LogP contribution in [-0.4, -0.2) is 23.7 Å². The van der Waals surface area contributed by atoms with Crippen molar-refractivity contribution in [1.29, 1.82) is 0 Å². The first-order valence-electron chi connectivity index (χ1n) is 7.38. The lowest BCUT2D eigenvalue weighted by Crippen LogP contribution is -2.20. The zero-order valence-electron chi connectivity index (χ0n) is 13.3. The van der Waals surface area contributed by atoms with Gasteiger partial charge in [0.1, 0.15) is 17.3 Å². The Balaban J connectivity index is 2.58. The van der Waals surface area contributed by atoms with Crippen LogP contribution < -0.4 is 5.32 Å². The van der Waals surface area contributed by atoms with Crippen molar-refractivity contribution in [3.8, 4) is 0 Å². The van der Waals surface area contributed by atoms with Crippen LogP contribution >= 0.6 is 0 Å². The predicted molar refractivity (Wildman–Crippen MR) is 84.7 cm³/mol. The Labute approximate surface area is 129 Å². The van der Waals surface area contributed by atoms with Crippen LogP contribution in [0.25, 0.3) is 10.9 Å². The molecule has 1 heterocycles. The standard InChI is InChI=1S/C17H21FN2O2/c1-9(5-6-11(3)21)15-12-7-10(2)13(18)8-14(12)20-16(15)17(22)19-4/h7-9,20H,5-6H2,1-4H3,(H,19,22)/t9-/m0/s1. The molecule has 0 bridgehead atoms. The van der Waals surface area contributed by atoms with E-state index in [0.29, 0.717) is 29.6 Å². The second kappa shape index (κ2) is 6.30. The lowest BCUT2D eigenvalue weighted by Gasteiger charge is -2.12. The minimum atomic E-state index is -0.305. The first kappa shape index (κ1) is 16.2. The highest BCUT2D eigenvalue weighted by Crippen LogP contribution is 2.33. The van der Waals surface area contributed by atoms with Crippen molar-refractivity contribution in [3.05, 3.63) is 34.8 Å². The van der Waals surface area contributed by atoms with Gasteiger partial charge >= 0.3 is 0 Å². The minimum absolute atomic E-state index is 0.0230. The highest BCUT2D eigenvalue weighted by molar-refractivity contribution is 6.01. The number of amides is 1. The number of H-pyrrole nitrogens is 1. The number of carbonyl (C=O) groups excluding carboxylic acids is 2. The maximum Gasteiger partial charge on any atom is 0.267 e. The number of aromatic nitrogens is 1. The molecule has 0 saturated carbocycles. The number of hydrogen-bond donors (Lipinski definition) is 2. The molecule has 0 aliphatic carbocycles. The predicted octanol–water partition coefficient (Wildman–Crippen LogP) is 3.45. The third-order valence-corrected chi connectivity index (χ3v) is 3.99. The highest BCUT2D eigenvalue weighted by Gasteiger charge is 2.22. The van der Waals surface area contributed by atoms with E-state index in [0.717, 1.165) is 10.9 Å². The molecule has 5 heteroatoms. The fraction of sp³-hybridized carbons (Fsp3) is 0.412. The smallest absolute Gasteiger partial charge is 0.267 e. The monoisotopic (exact) mass is 304 g/mol. The summed E-state index contributed by atoms with van der Waals surface area (Å²) in [5, 5.41) is 3.44. The normalized spacial score (nSPS) is 12.4. The summed E-state index contributed by atoms with van der Waals surface area (Å²) in [7, 11) is 1.56. The van der Waals surface area contributed by atoms with Gasteiger partial charge in [0.05, 0.1) is 0 Å². The number of halogens is 1. The molecule has 118 valence electrons. The van der Waals surface area contributed by atoms with E-state index in [-0.39, 0.29) is 23.4 Å². The van der Waals surface area contributed by atoms with Gasteiger partial charge in [-0.25, -0.2) is 4.39 Å². The lowest BCUT2D eigenvalue weighted by molar-refractivity contribution is -0.117. The molecule has 2 N–H and O–H groups in total. The summed E-state index contributed by atoms with van der Waals surface area (Å²) < 4.78 is 13.8. The van der Waals surface area contributed by atoms with Crippen molar-refractivity contribution < 1.29 is 14.0 Å². The largest absolute Gasteiger partial charge is 0.354 e. The van der Waals surface area contributed by atoms with Crippen LogP contribution in [0, 0.1) is 12.7 Å². The third-order valence-electron chi connectivity index (χ3n) is 3.99. The molecule has 0 spiro atoms. The number of hydrogen-bond acceptors (Lipinski definition) is 2. The fourth-order valence-electron chi connectivity index (χ4n) is 2.72. The molecule has 0 radical (unpaired) electrons.